The number of nitrogens with two attached hydrogens (primary N) is 1. The molecule has 2 unspecified atom stereocenters. The van der Waals surface area contributed by atoms with Crippen molar-refractivity contribution in [2.75, 3.05) is 19.6 Å². The van der Waals surface area contributed by atoms with Gasteiger partial charge in [-0.1, -0.05) is 38.1 Å². The average molecular weight is 291 g/mol. The quantitative estimate of drug-likeness (QED) is 0.772. The molecule has 0 saturated heterocycles. The molecule has 21 heavy (non-hydrogen) atoms. The van der Waals surface area contributed by atoms with Gasteiger partial charge in [-0.05, 0) is 37.9 Å². The Bertz CT molecular complexity index is 447. The smallest absolute Gasteiger partial charge is 0.234 e. The van der Waals surface area contributed by atoms with Crippen molar-refractivity contribution in [3.05, 3.63) is 35.4 Å². The molecule has 0 aliphatic rings. The van der Waals surface area contributed by atoms with E-state index in [1.807, 2.05) is 19.1 Å². The third-order valence-corrected chi connectivity index (χ3v) is 3.90. The van der Waals surface area contributed by atoms with E-state index in [2.05, 4.69) is 43.1 Å². The van der Waals surface area contributed by atoms with Gasteiger partial charge in [0.05, 0.1) is 12.6 Å². The van der Waals surface area contributed by atoms with Gasteiger partial charge >= 0.3 is 0 Å². The highest BCUT2D eigenvalue weighted by molar-refractivity contribution is 5.78. The zero-order valence-electron chi connectivity index (χ0n) is 13.7. The number of hydrogen-bond donors (Lipinski definition) is 2. The molecule has 118 valence electrons. The number of nitrogens with one attached hydrogen (secondary N) is 1. The van der Waals surface area contributed by atoms with Gasteiger partial charge in [0.25, 0.3) is 0 Å². The van der Waals surface area contributed by atoms with Crippen molar-refractivity contribution in [3.63, 3.8) is 0 Å². The van der Waals surface area contributed by atoms with Crippen molar-refractivity contribution in [1.29, 1.82) is 0 Å². The van der Waals surface area contributed by atoms with Gasteiger partial charge in [0.2, 0.25) is 5.91 Å². The summed E-state index contributed by atoms with van der Waals surface area (Å²) in [6.07, 6.45) is 0.880. The lowest BCUT2D eigenvalue weighted by Gasteiger charge is -2.35. The fourth-order valence-corrected chi connectivity index (χ4v) is 2.68. The van der Waals surface area contributed by atoms with E-state index < -0.39 is 0 Å². The van der Waals surface area contributed by atoms with Gasteiger partial charge in [-0.15, -0.1) is 0 Å². The molecule has 0 aliphatic carbocycles. The topological polar surface area (TPSA) is 58.4 Å². The third kappa shape index (κ3) is 4.83. The van der Waals surface area contributed by atoms with E-state index in [1.165, 1.54) is 11.1 Å². The third-order valence-electron chi connectivity index (χ3n) is 3.90. The highest BCUT2D eigenvalue weighted by Gasteiger charge is 2.27. The second-order valence-corrected chi connectivity index (χ2v) is 5.39. The summed E-state index contributed by atoms with van der Waals surface area (Å²) in [7, 11) is 0. The normalized spacial score (nSPS) is 14.0. The molecule has 0 aromatic heterocycles. The predicted molar refractivity (Wildman–Crippen MR) is 88.1 cm³/mol. The molecule has 0 heterocycles. The molecule has 0 aliphatic heterocycles. The molecule has 1 amide bonds. The Morgan fingerprint density at radius 2 is 1.95 bits per heavy atom. The van der Waals surface area contributed by atoms with Crippen molar-refractivity contribution in [2.45, 2.75) is 46.2 Å². The van der Waals surface area contributed by atoms with E-state index in [1.54, 1.807) is 0 Å². The Morgan fingerprint density at radius 3 is 2.48 bits per heavy atom. The van der Waals surface area contributed by atoms with Crippen LogP contribution in [0.1, 0.15) is 44.4 Å². The van der Waals surface area contributed by atoms with Crippen molar-refractivity contribution < 1.29 is 4.79 Å². The van der Waals surface area contributed by atoms with Crippen LogP contribution in [0.3, 0.4) is 0 Å². The van der Waals surface area contributed by atoms with E-state index in [-0.39, 0.29) is 18.0 Å². The lowest BCUT2D eigenvalue weighted by atomic mass is 9.93. The van der Waals surface area contributed by atoms with E-state index in [9.17, 15) is 4.79 Å². The fraction of sp³-hybridized carbons (Fsp3) is 0.588. The second kappa shape index (κ2) is 8.80. The van der Waals surface area contributed by atoms with Crippen LogP contribution >= 0.6 is 0 Å². The summed E-state index contributed by atoms with van der Waals surface area (Å²) in [5.41, 5.74) is 8.81. The van der Waals surface area contributed by atoms with Crippen LogP contribution in [0.25, 0.3) is 0 Å². The Hall–Kier alpha value is -1.39. The van der Waals surface area contributed by atoms with Crippen LogP contribution in [0.5, 0.6) is 0 Å². The van der Waals surface area contributed by atoms with E-state index in [0.717, 1.165) is 13.0 Å². The molecular formula is C17H29N3O. The summed E-state index contributed by atoms with van der Waals surface area (Å²) in [5.74, 6) is 0.0567. The first-order chi connectivity index (χ1) is 10.0. The average Bonchev–Trinajstić information content (AvgIpc) is 2.48. The van der Waals surface area contributed by atoms with E-state index >= 15 is 0 Å². The molecule has 0 fully saturated rings. The summed E-state index contributed by atoms with van der Waals surface area (Å²) in [6.45, 7) is 10.0. The number of aryl methyl sites for hydroxylation is 1. The van der Waals surface area contributed by atoms with Crippen molar-refractivity contribution in [2.24, 2.45) is 5.73 Å². The van der Waals surface area contributed by atoms with Crippen LogP contribution in [0.2, 0.25) is 0 Å². The van der Waals surface area contributed by atoms with Crippen LogP contribution in [0.4, 0.5) is 0 Å². The highest BCUT2D eigenvalue weighted by Crippen LogP contribution is 2.27. The zero-order chi connectivity index (χ0) is 15.8. The van der Waals surface area contributed by atoms with Crippen LogP contribution in [-0.4, -0.2) is 36.5 Å². The maximum absolute atomic E-state index is 12.0. The predicted octanol–water partition coefficient (Wildman–Crippen LogP) is 2.23. The minimum absolute atomic E-state index is 0.0143. The number of amides is 1. The van der Waals surface area contributed by atoms with E-state index in [0.29, 0.717) is 13.1 Å². The maximum atomic E-state index is 12.0. The standard InChI is InChI=1S/C17H29N3O/c1-5-15(18)17(14-11-9-8-10-13(14)4)20(7-3)12-16(21)19-6-2/h8-11,15,17H,5-7,12,18H2,1-4H3,(H,19,21). The molecule has 2 atom stereocenters. The number of benzene rings is 1. The number of likely N-dealkylation sites (N-methyl/N-ethyl adjacent to an activating group) is 2. The lowest BCUT2D eigenvalue weighted by molar-refractivity contribution is -0.122. The first kappa shape index (κ1) is 17.7. The molecule has 4 heteroatoms. The van der Waals surface area contributed by atoms with Crippen molar-refractivity contribution in [1.82, 2.24) is 10.2 Å². The van der Waals surface area contributed by atoms with Gasteiger partial charge in [0.1, 0.15) is 0 Å². The molecule has 0 saturated carbocycles. The summed E-state index contributed by atoms with van der Waals surface area (Å²) in [4.78, 5) is 14.1. The molecule has 0 bridgehead atoms. The van der Waals surface area contributed by atoms with E-state index in [4.69, 9.17) is 5.73 Å². The number of rotatable bonds is 8. The Morgan fingerprint density at radius 1 is 1.29 bits per heavy atom. The monoisotopic (exact) mass is 291 g/mol. The van der Waals surface area contributed by atoms with Crippen LogP contribution in [0.15, 0.2) is 24.3 Å². The minimum atomic E-state index is 0.0143. The highest BCUT2D eigenvalue weighted by atomic mass is 16.2. The summed E-state index contributed by atoms with van der Waals surface area (Å²) in [6, 6.07) is 8.38. The maximum Gasteiger partial charge on any atom is 0.234 e. The molecule has 1 rings (SSSR count). The molecule has 4 nitrogen and oxygen atoms in total. The Kier molecular flexibility index (Phi) is 7.40. The lowest BCUT2D eigenvalue weighted by Crippen LogP contribution is -2.45. The summed E-state index contributed by atoms with van der Waals surface area (Å²) in [5, 5.41) is 2.87. The zero-order valence-corrected chi connectivity index (χ0v) is 13.7. The van der Waals surface area contributed by atoms with Gasteiger partial charge in [-0.25, -0.2) is 0 Å². The number of hydrogen-bond acceptors (Lipinski definition) is 3. The van der Waals surface area contributed by atoms with Gasteiger partial charge in [0, 0.05) is 12.6 Å². The van der Waals surface area contributed by atoms with Gasteiger partial charge in [-0.3, -0.25) is 9.69 Å². The second-order valence-electron chi connectivity index (χ2n) is 5.39. The number of nitrogens with zero attached hydrogens (tertiary/aromatic N) is 1. The van der Waals surface area contributed by atoms with Crippen molar-refractivity contribution >= 4 is 5.91 Å². The number of carbonyl (C=O) groups is 1. The SMILES string of the molecule is CCNC(=O)CN(CC)C(c1ccccc1C)C(N)CC. The summed E-state index contributed by atoms with van der Waals surface area (Å²) >= 11 is 0. The molecule has 1 aromatic rings. The molecule has 0 radical (unpaired) electrons. The first-order valence-electron chi connectivity index (χ1n) is 7.86. The fourth-order valence-electron chi connectivity index (χ4n) is 2.68. The first-order valence-corrected chi connectivity index (χ1v) is 7.86. The van der Waals surface area contributed by atoms with Crippen molar-refractivity contribution in [3.8, 4) is 0 Å². The van der Waals surface area contributed by atoms with Gasteiger partial charge < -0.3 is 11.1 Å². The van der Waals surface area contributed by atoms with Crippen LogP contribution in [0, 0.1) is 6.92 Å². The minimum Gasteiger partial charge on any atom is -0.355 e. The van der Waals surface area contributed by atoms with Gasteiger partial charge in [0.15, 0.2) is 0 Å². The molecule has 3 N–H and O–H groups in total. The van der Waals surface area contributed by atoms with Gasteiger partial charge in [-0.2, -0.15) is 0 Å². The number of carbonyl (C=O) groups excluding carboxylic acids is 1. The Balaban J connectivity index is 3.05. The summed E-state index contributed by atoms with van der Waals surface area (Å²) < 4.78 is 0. The Labute approximate surface area is 128 Å². The molecular weight excluding hydrogens is 262 g/mol. The van der Waals surface area contributed by atoms with Crippen LogP contribution in [-0.2, 0) is 4.79 Å². The van der Waals surface area contributed by atoms with Crippen LogP contribution < -0.4 is 11.1 Å². The molecule has 1 aromatic carbocycles. The molecule has 0 spiro atoms. The largest absolute Gasteiger partial charge is 0.355 e.